The van der Waals surface area contributed by atoms with Gasteiger partial charge < -0.3 is 79.9 Å². The van der Waals surface area contributed by atoms with Gasteiger partial charge in [0.25, 0.3) is 0 Å². The van der Waals surface area contributed by atoms with Gasteiger partial charge in [0.15, 0.2) is 18.9 Å². The van der Waals surface area contributed by atoms with Crippen LogP contribution in [-0.4, -0.2) is 168 Å². The Morgan fingerprint density at radius 2 is 1.00 bits per heavy atom. The largest absolute Gasteiger partial charge is 0.394 e. The van der Waals surface area contributed by atoms with Crippen LogP contribution in [0.5, 0.6) is 0 Å². The lowest BCUT2D eigenvalue weighted by atomic mass is 9.97. The Balaban J connectivity index is 1.65. The van der Waals surface area contributed by atoms with Crippen LogP contribution in [0.25, 0.3) is 0 Å². The molecule has 16 heteroatoms. The van der Waals surface area contributed by atoms with Crippen LogP contribution in [0.1, 0.15) is 0 Å². The average Bonchev–Trinajstić information content (AvgIpc) is 2.82. The van der Waals surface area contributed by atoms with Gasteiger partial charge in [-0.1, -0.05) is 0 Å². The summed E-state index contributed by atoms with van der Waals surface area (Å²) in [5, 5.41) is 109. The summed E-state index contributed by atoms with van der Waals surface area (Å²) in [5.74, 6) is 0. The van der Waals surface area contributed by atoms with Crippen LogP contribution in [0.2, 0.25) is 0 Å². The zero-order chi connectivity index (χ0) is 25.3. The zero-order valence-corrected chi connectivity index (χ0v) is 17.7. The Hall–Kier alpha value is -0.640. The number of hydrogen-bond acceptors (Lipinski definition) is 16. The Kier molecular flexibility index (Phi) is 9.54. The van der Waals surface area contributed by atoms with E-state index < -0.39 is 112 Å². The number of ether oxygens (including phenoxy) is 5. The summed E-state index contributed by atoms with van der Waals surface area (Å²) in [6, 6.07) is 0. The molecule has 11 N–H and O–H groups in total. The fourth-order valence-corrected chi connectivity index (χ4v) is 3.94. The molecule has 0 radical (unpaired) electrons. The van der Waals surface area contributed by atoms with Crippen molar-refractivity contribution in [3.8, 4) is 0 Å². The predicted octanol–water partition coefficient (Wildman–Crippen LogP) is -7.57. The molecule has 16 nitrogen and oxygen atoms in total. The van der Waals surface area contributed by atoms with Crippen molar-refractivity contribution in [2.45, 2.75) is 92.1 Å². The molecule has 3 aliphatic heterocycles. The van der Waals surface area contributed by atoms with E-state index in [1.54, 1.807) is 0 Å². The van der Waals surface area contributed by atoms with Gasteiger partial charge >= 0.3 is 0 Å². The van der Waals surface area contributed by atoms with E-state index in [1.165, 1.54) is 0 Å². The Bertz CT molecular complexity index is 637. The fourth-order valence-electron chi connectivity index (χ4n) is 3.94. The summed E-state index contributed by atoms with van der Waals surface area (Å²) < 4.78 is 26.1. The number of hydrogen-bond donors (Lipinski definition) is 11. The molecule has 0 aromatic rings. The lowest BCUT2D eigenvalue weighted by molar-refractivity contribution is -0.361. The molecule has 0 spiro atoms. The molecule has 3 aliphatic rings. The van der Waals surface area contributed by atoms with E-state index in [4.69, 9.17) is 23.7 Å². The van der Waals surface area contributed by atoms with Crippen LogP contribution in [0.4, 0.5) is 0 Å². The molecule has 3 fully saturated rings. The maximum Gasteiger partial charge on any atom is 0.187 e. The highest BCUT2D eigenvalue weighted by Gasteiger charge is 2.51. The van der Waals surface area contributed by atoms with Crippen molar-refractivity contribution < 1.29 is 79.9 Å². The maximum absolute atomic E-state index is 10.6. The molecule has 3 rings (SSSR count). The van der Waals surface area contributed by atoms with Crippen molar-refractivity contribution in [2.75, 3.05) is 19.8 Å². The number of aliphatic hydroxyl groups excluding tert-OH is 11. The minimum Gasteiger partial charge on any atom is -0.394 e. The SMILES string of the molecule is OC[C@H]1O[C@H](O[C@@H]2[C@H](O)[C@@H](O)O[C@H](CO[C@H]3O[C@H](CO)[C@@H](O)[C@H](O)[C@H]3O)[C@H]2O)[C@@H](O)[C@@H](O)[C@@H]1O. The van der Waals surface area contributed by atoms with Crippen molar-refractivity contribution in [3.63, 3.8) is 0 Å². The summed E-state index contributed by atoms with van der Waals surface area (Å²) in [4.78, 5) is 0. The summed E-state index contributed by atoms with van der Waals surface area (Å²) in [7, 11) is 0. The number of rotatable bonds is 7. The minimum absolute atomic E-state index is 0.609. The smallest absolute Gasteiger partial charge is 0.187 e. The average molecular weight is 504 g/mol. The normalized spacial score (nSPS) is 52.5. The van der Waals surface area contributed by atoms with Crippen molar-refractivity contribution in [1.29, 1.82) is 0 Å². The maximum atomic E-state index is 10.6. The van der Waals surface area contributed by atoms with Crippen LogP contribution in [-0.2, 0) is 23.7 Å². The lowest BCUT2D eigenvalue weighted by Gasteiger charge is -2.45. The Morgan fingerprint density at radius 3 is 1.53 bits per heavy atom. The monoisotopic (exact) mass is 504 g/mol. The molecule has 0 aliphatic carbocycles. The van der Waals surface area contributed by atoms with Gasteiger partial charge in [0, 0.05) is 0 Å². The van der Waals surface area contributed by atoms with E-state index >= 15 is 0 Å². The van der Waals surface area contributed by atoms with Crippen LogP contribution in [0.3, 0.4) is 0 Å². The molecular formula is C18H32O16. The van der Waals surface area contributed by atoms with Gasteiger partial charge in [0.1, 0.15) is 73.2 Å². The molecular weight excluding hydrogens is 472 g/mol. The predicted molar refractivity (Wildman–Crippen MR) is 101 cm³/mol. The van der Waals surface area contributed by atoms with E-state index in [1.807, 2.05) is 0 Å². The van der Waals surface area contributed by atoms with E-state index in [9.17, 15) is 56.2 Å². The lowest BCUT2D eigenvalue weighted by Crippen LogP contribution is -2.65. The molecule has 34 heavy (non-hydrogen) atoms. The van der Waals surface area contributed by atoms with Crippen molar-refractivity contribution in [3.05, 3.63) is 0 Å². The summed E-state index contributed by atoms with van der Waals surface area (Å²) >= 11 is 0. The first-order valence-corrected chi connectivity index (χ1v) is 10.6. The van der Waals surface area contributed by atoms with Crippen molar-refractivity contribution >= 4 is 0 Å². The Labute approximate surface area is 192 Å². The van der Waals surface area contributed by atoms with Gasteiger partial charge in [0.05, 0.1) is 19.8 Å². The van der Waals surface area contributed by atoms with Gasteiger partial charge in [-0.2, -0.15) is 0 Å². The highest BCUT2D eigenvalue weighted by molar-refractivity contribution is 4.94. The van der Waals surface area contributed by atoms with Crippen LogP contribution in [0.15, 0.2) is 0 Å². The molecule has 3 saturated heterocycles. The van der Waals surface area contributed by atoms with Gasteiger partial charge in [-0.3, -0.25) is 0 Å². The van der Waals surface area contributed by atoms with Crippen molar-refractivity contribution in [2.24, 2.45) is 0 Å². The molecule has 0 saturated carbocycles. The molecule has 0 aromatic heterocycles. The van der Waals surface area contributed by atoms with Crippen LogP contribution in [0, 0.1) is 0 Å². The molecule has 0 unspecified atom stereocenters. The summed E-state index contributed by atoms with van der Waals surface area (Å²) in [5.41, 5.74) is 0. The zero-order valence-electron chi connectivity index (χ0n) is 17.7. The molecule has 0 bridgehead atoms. The Morgan fingerprint density at radius 1 is 0.500 bits per heavy atom. The van der Waals surface area contributed by atoms with E-state index in [0.29, 0.717) is 0 Å². The first kappa shape index (κ1) is 27.9. The number of aliphatic hydroxyl groups is 11. The standard InChI is InChI=1S/C18H32O16/c19-1-4-7(21)10(24)12(26)17(32-4)30-3-6-9(23)15(14(28)16(29)31-6)34-18-13(27)11(25)8(22)5(2-20)33-18/h4-29H,1-3H2/t4-,5-,6-,7-,8-,9-,10+,11+,12-,13+,14+,15+,16+,17+,18-/m1/s1. The third-order valence-corrected chi connectivity index (χ3v) is 6.07. The minimum atomic E-state index is -1.93. The second-order valence-corrected chi connectivity index (χ2v) is 8.37. The second-order valence-electron chi connectivity index (χ2n) is 8.37. The summed E-state index contributed by atoms with van der Waals surface area (Å²) in [6.45, 7) is -2.06. The van der Waals surface area contributed by atoms with Crippen LogP contribution >= 0.6 is 0 Å². The highest BCUT2D eigenvalue weighted by Crippen LogP contribution is 2.29. The van der Waals surface area contributed by atoms with E-state index in [2.05, 4.69) is 0 Å². The first-order valence-electron chi connectivity index (χ1n) is 10.6. The van der Waals surface area contributed by atoms with E-state index in [0.717, 1.165) is 0 Å². The van der Waals surface area contributed by atoms with Crippen LogP contribution < -0.4 is 0 Å². The van der Waals surface area contributed by atoms with Gasteiger partial charge in [0.2, 0.25) is 0 Å². The van der Waals surface area contributed by atoms with Gasteiger partial charge in [-0.15, -0.1) is 0 Å². The topological polar surface area (TPSA) is 269 Å². The van der Waals surface area contributed by atoms with Crippen molar-refractivity contribution in [1.82, 2.24) is 0 Å². The molecule has 0 aromatic carbocycles. The third kappa shape index (κ3) is 5.52. The van der Waals surface area contributed by atoms with Gasteiger partial charge in [-0.05, 0) is 0 Å². The van der Waals surface area contributed by atoms with Gasteiger partial charge in [-0.25, -0.2) is 0 Å². The second kappa shape index (κ2) is 11.6. The third-order valence-electron chi connectivity index (χ3n) is 6.07. The van der Waals surface area contributed by atoms with E-state index in [-0.39, 0.29) is 0 Å². The molecule has 3 heterocycles. The molecule has 15 atom stereocenters. The molecule has 200 valence electrons. The molecule has 0 amide bonds. The summed E-state index contributed by atoms with van der Waals surface area (Å²) in [6.07, 6.45) is -24.9. The highest BCUT2D eigenvalue weighted by atomic mass is 16.7. The fraction of sp³-hybridized carbons (Fsp3) is 1.00. The quantitative estimate of drug-likeness (QED) is 0.154. The first-order chi connectivity index (χ1) is 16.0.